The van der Waals surface area contributed by atoms with Crippen molar-refractivity contribution in [3.8, 4) is 17.2 Å². The minimum absolute atomic E-state index is 0.0612. The van der Waals surface area contributed by atoms with Crippen LogP contribution in [0.15, 0.2) is 41.3 Å². The maximum Gasteiger partial charge on any atom is 0.244 e. The summed E-state index contributed by atoms with van der Waals surface area (Å²) in [5.41, 5.74) is 0.861. The molecular formula is C21H29FN2O5S. The highest BCUT2D eigenvalue weighted by molar-refractivity contribution is 7.89. The van der Waals surface area contributed by atoms with Crippen LogP contribution in [-0.2, 0) is 16.4 Å². The summed E-state index contributed by atoms with van der Waals surface area (Å²) in [6.45, 7) is 5.02. The number of nitrogens with one attached hydrogen (secondary N) is 2. The Balaban J connectivity index is 1.94. The normalized spacial score (nSPS) is 12.4. The van der Waals surface area contributed by atoms with Crippen molar-refractivity contribution >= 4 is 10.0 Å². The molecule has 0 aliphatic rings. The summed E-state index contributed by atoms with van der Waals surface area (Å²) in [6, 6.07) is 9.33. The fourth-order valence-electron chi connectivity index (χ4n) is 2.93. The van der Waals surface area contributed by atoms with Gasteiger partial charge in [0.25, 0.3) is 0 Å². The predicted octanol–water partition coefficient (Wildman–Crippen LogP) is 2.74. The maximum atomic E-state index is 13.4. The van der Waals surface area contributed by atoms with Crippen LogP contribution in [0.4, 0.5) is 4.39 Å². The Hall–Kier alpha value is -2.36. The largest absolute Gasteiger partial charge is 0.493 e. The van der Waals surface area contributed by atoms with Crippen molar-refractivity contribution in [3.63, 3.8) is 0 Å². The molecule has 0 saturated heterocycles. The number of ether oxygens (including phenoxy) is 3. The van der Waals surface area contributed by atoms with Gasteiger partial charge in [-0.25, -0.2) is 17.5 Å². The molecule has 0 spiro atoms. The van der Waals surface area contributed by atoms with E-state index in [2.05, 4.69) is 10.0 Å². The molecule has 2 aromatic rings. The molecule has 0 aromatic heterocycles. The Morgan fingerprint density at radius 2 is 1.80 bits per heavy atom. The van der Waals surface area contributed by atoms with Crippen LogP contribution in [0.2, 0.25) is 0 Å². The Bertz CT molecular complexity index is 937. The number of sulfonamides is 1. The lowest BCUT2D eigenvalue weighted by Gasteiger charge is -2.17. The van der Waals surface area contributed by atoms with Gasteiger partial charge in [-0.3, -0.25) is 0 Å². The van der Waals surface area contributed by atoms with Gasteiger partial charge >= 0.3 is 0 Å². The first kappa shape index (κ1) is 23.9. The Kier molecular flexibility index (Phi) is 8.88. The second-order valence-corrected chi connectivity index (χ2v) is 8.48. The molecule has 0 aliphatic carbocycles. The molecule has 0 amide bonds. The van der Waals surface area contributed by atoms with Gasteiger partial charge in [-0.2, -0.15) is 0 Å². The van der Waals surface area contributed by atoms with Crippen molar-refractivity contribution in [2.45, 2.75) is 31.2 Å². The molecule has 1 atom stereocenters. The van der Waals surface area contributed by atoms with Gasteiger partial charge in [0, 0.05) is 18.7 Å². The Morgan fingerprint density at radius 1 is 1.07 bits per heavy atom. The number of halogens is 1. The lowest BCUT2D eigenvalue weighted by Crippen LogP contribution is -2.32. The highest BCUT2D eigenvalue weighted by Gasteiger charge is 2.19. The first-order chi connectivity index (χ1) is 14.3. The summed E-state index contributed by atoms with van der Waals surface area (Å²) in [6.07, 6.45) is 0.613. The molecule has 9 heteroatoms. The topological polar surface area (TPSA) is 85.9 Å². The molecule has 0 heterocycles. The fourth-order valence-corrected chi connectivity index (χ4v) is 3.85. The van der Waals surface area contributed by atoms with E-state index in [4.69, 9.17) is 14.2 Å². The van der Waals surface area contributed by atoms with Crippen LogP contribution in [-0.4, -0.2) is 48.4 Å². The van der Waals surface area contributed by atoms with Crippen molar-refractivity contribution in [3.05, 3.63) is 47.8 Å². The summed E-state index contributed by atoms with van der Waals surface area (Å²) in [7, 11) is -0.759. The summed E-state index contributed by atoms with van der Waals surface area (Å²) < 4.78 is 56.5. The van der Waals surface area contributed by atoms with E-state index in [9.17, 15) is 12.8 Å². The van der Waals surface area contributed by atoms with Crippen LogP contribution in [0.1, 0.15) is 19.4 Å². The number of methoxy groups -OCH3 is 1. The lowest BCUT2D eigenvalue weighted by atomic mass is 10.1. The Labute approximate surface area is 177 Å². The standard InChI is InChI=1S/C21H29FN2O5S/c1-5-28-19-8-6-16(13-21(19)30(25,26)23-3)12-15(2)24-10-11-29-20-14-17(22)7-9-18(20)27-4/h6-9,13-15,23-24H,5,10-12H2,1-4H3. The van der Waals surface area contributed by atoms with Gasteiger partial charge in [0.1, 0.15) is 23.1 Å². The molecule has 0 bridgehead atoms. The minimum atomic E-state index is -3.63. The molecule has 0 saturated carbocycles. The van der Waals surface area contributed by atoms with Gasteiger partial charge in [0.2, 0.25) is 10.0 Å². The van der Waals surface area contributed by atoms with Gasteiger partial charge in [0.05, 0.1) is 13.7 Å². The van der Waals surface area contributed by atoms with Crippen LogP contribution < -0.4 is 24.2 Å². The van der Waals surface area contributed by atoms with Crippen molar-refractivity contribution in [1.82, 2.24) is 10.0 Å². The molecule has 0 radical (unpaired) electrons. The van der Waals surface area contributed by atoms with Gasteiger partial charge in [0.15, 0.2) is 11.5 Å². The van der Waals surface area contributed by atoms with E-state index in [-0.39, 0.29) is 10.9 Å². The molecule has 30 heavy (non-hydrogen) atoms. The van der Waals surface area contributed by atoms with Crippen molar-refractivity contribution in [1.29, 1.82) is 0 Å². The highest BCUT2D eigenvalue weighted by Crippen LogP contribution is 2.27. The number of hydrogen-bond donors (Lipinski definition) is 2. The van der Waals surface area contributed by atoms with Crippen LogP contribution in [0.3, 0.4) is 0 Å². The van der Waals surface area contributed by atoms with Crippen molar-refractivity contribution in [2.24, 2.45) is 0 Å². The van der Waals surface area contributed by atoms with E-state index in [1.807, 2.05) is 13.0 Å². The first-order valence-electron chi connectivity index (χ1n) is 9.69. The lowest BCUT2D eigenvalue weighted by molar-refractivity contribution is 0.285. The number of benzene rings is 2. The smallest absolute Gasteiger partial charge is 0.244 e. The second-order valence-electron chi connectivity index (χ2n) is 6.62. The first-order valence-corrected chi connectivity index (χ1v) is 11.2. The predicted molar refractivity (Wildman–Crippen MR) is 113 cm³/mol. The van der Waals surface area contributed by atoms with Crippen LogP contribution in [0, 0.1) is 5.82 Å². The van der Waals surface area contributed by atoms with E-state index in [0.717, 1.165) is 5.56 Å². The minimum Gasteiger partial charge on any atom is -0.493 e. The van der Waals surface area contributed by atoms with Crippen molar-refractivity contribution in [2.75, 3.05) is 33.9 Å². The third-order valence-electron chi connectivity index (χ3n) is 4.39. The zero-order valence-corrected chi connectivity index (χ0v) is 18.5. The van der Waals surface area contributed by atoms with E-state index in [1.165, 1.54) is 32.4 Å². The average Bonchev–Trinajstić information content (AvgIpc) is 2.72. The SMILES string of the molecule is CCOc1ccc(CC(C)NCCOc2cc(F)ccc2OC)cc1S(=O)(=O)NC. The molecule has 2 aromatic carbocycles. The quantitative estimate of drug-likeness (QED) is 0.494. The van der Waals surface area contributed by atoms with Crippen molar-refractivity contribution < 1.29 is 27.0 Å². The monoisotopic (exact) mass is 440 g/mol. The van der Waals surface area contributed by atoms with E-state index in [1.54, 1.807) is 19.1 Å². The van der Waals surface area contributed by atoms with E-state index in [0.29, 0.717) is 43.4 Å². The molecule has 7 nitrogen and oxygen atoms in total. The fraction of sp³-hybridized carbons (Fsp3) is 0.429. The van der Waals surface area contributed by atoms with E-state index < -0.39 is 15.8 Å². The highest BCUT2D eigenvalue weighted by atomic mass is 32.2. The number of hydrogen-bond acceptors (Lipinski definition) is 6. The summed E-state index contributed by atoms with van der Waals surface area (Å²) in [4.78, 5) is 0.123. The molecular weight excluding hydrogens is 411 g/mol. The number of rotatable bonds is 12. The molecule has 2 N–H and O–H groups in total. The summed E-state index contributed by atoms with van der Waals surface area (Å²) >= 11 is 0. The van der Waals surface area contributed by atoms with Crippen LogP contribution in [0.5, 0.6) is 17.2 Å². The summed E-state index contributed by atoms with van der Waals surface area (Å²) in [5.74, 6) is 0.751. The third-order valence-corrected chi connectivity index (χ3v) is 5.82. The molecule has 166 valence electrons. The molecule has 0 aliphatic heterocycles. The second kappa shape index (κ2) is 11.1. The summed E-state index contributed by atoms with van der Waals surface area (Å²) in [5, 5.41) is 3.31. The Morgan fingerprint density at radius 3 is 2.47 bits per heavy atom. The third kappa shape index (κ3) is 6.58. The molecule has 2 rings (SSSR count). The maximum absolute atomic E-state index is 13.4. The van der Waals surface area contributed by atoms with Crippen LogP contribution in [0.25, 0.3) is 0 Å². The molecule has 1 unspecified atom stereocenters. The van der Waals surface area contributed by atoms with Gasteiger partial charge in [-0.1, -0.05) is 6.07 Å². The van der Waals surface area contributed by atoms with Gasteiger partial charge < -0.3 is 19.5 Å². The van der Waals surface area contributed by atoms with Gasteiger partial charge in [-0.15, -0.1) is 0 Å². The van der Waals surface area contributed by atoms with Crippen LogP contribution >= 0.6 is 0 Å². The average molecular weight is 441 g/mol. The van der Waals surface area contributed by atoms with E-state index >= 15 is 0 Å². The molecule has 0 fully saturated rings. The zero-order valence-electron chi connectivity index (χ0n) is 17.7. The zero-order chi connectivity index (χ0) is 22.1. The van der Waals surface area contributed by atoms with Gasteiger partial charge in [-0.05, 0) is 57.1 Å².